The van der Waals surface area contributed by atoms with Gasteiger partial charge in [-0.05, 0) is 56.6 Å². The molecule has 1 aliphatic rings. The van der Waals surface area contributed by atoms with Crippen molar-refractivity contribution in [3.63, 3.8) is 0 Å². The van der Waals surface area contributed by atoms with Crippen LogP contribution in [0.25, 0.3) is 10.9 Å². The summed E-state index contributed by atoms with van der Waals surface area (Å²) in [5.74, 6) is 2.00. The number of hydrogen-bond acceptors (Lipinski definition) is 5. The fourth-order valence-corrected chi connectivity index (χ4v) is 2.86. The quantitative estimate of drug-likeness (QED) is 0.810. The van der Waals surface area contributed by atoms with Crippen molar-refractivity contribution in [1.29, 1.82) is 0 Å². The minimum atomic E-state index is 0.235. The number of methoxy groups -OCH3 is 1. The first kappa shape index (κ1) is 15.3. The van der Waals surface area contributed by atoms with E-state index in [1.54, 1.807) is 13.3 Å². The zero-order valence-electron chi connectivity index (χ0n) is 12.9. The van der Waals surface area contributed by atoms with Gasteiger partial charge in [0.05, 0.1) is 19.2 Å². The molecule has 2 heterocycles. The summed E-state index contributed by atoms with van der Waals surface area (Å²) < 4.78 is 11.4. The number of aromatic nitrogens is 2. The van der Waals surface area contributed by atoms with E-state index in [0.717, 1.165) is 24.0 Å². The summed E-state index contributed by atoms with van der Waals surface area (Å²) in [7, 11) is 3.80. The lowest BCUT2D eigenvalue weighted by Crippen LogP contribution is -2.32. The van der Waals surface area contributed by atoms with E-state index >= 15 is 0 Å². The van der Waals surface area contributed by atoms with Crippen molar-refractivity contribution in [3.05, 3.63) is 23.6 Å². The molecule has 3 rings (SSSR count). The van der Waals surface area contributed by atoms with Gasteiger partial charge in [-0.25, -0.2) is 9.97 Å². The first-order valence-corrected chi connectivity index (χ1v) is 7.85. The van der Waals surface area contributed by atoms with Gasteiger partial charge in [0.25, 0.3) is 0 Å². The topological polar surface area (TPSA) is 47.5 Å². The standard InChI is InChI=1S/C16H20ClN3O2/c1-20-5-3-11(4-6-20)10-22-15-8-13-12(7-14(15)21-2)9-18-16(17)19-13/h7-9,11H,3-6,10H2,1-2H3. The Bertz CT molecular complexity index is 657. The SMILES string of the molecule is COc1cc2cnc(Cl)nc2cc1OCC1CCN(C)CC1. The van der Waals surface area contributed by atoms with Crippen LogP contribution in [0.1, 0.15) is 12.8 Å². The number of halogens is 1. The maximum atomic E-state index is 6.00. The number of rotatable bonds is 4. The van der Waals surface area contributed by atoms with Crippen LogP contribution in [0.5, 0.6) is 11.5 Å². The molecular weight excluding hydrogens is 302 g/mol. The van der Waals surface area contributed by atoms with E-state index in [9.17, 15) is 0 Å². The molecule has 0 unspecified atom stereocenters. The summed E-state index contributed by atoms with van der Waals surface area (Å²) in [6.07, 6.45) is 4.02. The second-order valence-corrected chi connectivity index (χ2v) is 6.10. The Morgan fingerprint density at radius 3 is 2.77 bits per heavy atom. The van der Waals surface area contributed by atoms with Crippen molar-refractivity contribution in [2.75, 3.05) is 33.9 Å². The highest BCUT2D eigenvalue weighted by Crippen LogP contribution is 2.32. The van der Waals surface area contributed by atoms with Gasteiger partial charge in [0.15, 0.2) is 11.5 Å². The molecule has 0 bridgehead atoms. The first-order chi connectivity index (χ1) is 10.7. The van der Waals surface area contributed by atoms with E-state index in [0.29, 0.717) is 24.0 Å². The highest BCUT2D eigenvalue weighted by Gasteiger charge is 2.18. The lowest BCUT2D eigenvalue weighted by molar-refractivity contribution is 0.157. The molecule has 1 aromatic carbocycles. The molecule has 1 fully saturated rings. The molecule has 1 aliphatic heterocycles. The van der Waals surface area contributed by atoms with Gasteiger partial charge in [0, 0.05) is 17.6 Å². The maximum absolute atomic E-state index is 6.00. The Kier molecular flexibility index (Phi) is 4.64. The van der Waals surface area contributed by atoms with Crippen LogP contribution in [0, 0.1) is 5.92 Å². The zero-order valence-corrected chi connectivity index (χ0v) is 13.6. The predicted molar refractivity (Wildman–Crippen MR) is 86.8 cm³/mol. The Balaban J connectivity index is 1.76. The van der Waals surface area contributed by atoms with Crippen molar-refractivity contribution in [1.82, 2.24) is 14.9 Å². The van der Waals surface area contributed by atoms with Crippen molar-refractivity contribution < 1.29 is 9.47 Å². The average molecular weight is 322 g/mol. The molecule has 0 N–H and O–H groups in total. The molecule has 5 nitrogen and oxygen atoms in total. The second-order valence-electron chi connectivity index (χ2n) is 5.76. The summed E-state index contributed by atoms with van der Waals surface area (Å²) in [4.78, 5) is 10.6. The van der Waals surface area contributed by atoms with Crippen molar-refractivity contribution in [2.45, 2.75) is 12.8 Å². The van der Waals surface area contributed by atoms with E-state index in [4.69, 9.17) is 21.1 Å². The van der Waals surface area contributed by atoms with E-state index in [2.05, 4.69) is 21.9 Å². The molecule has 22 heavy (non-hydrogen) atoms. The van der Waals surface area contributed by atoms with Crippen LogP contribution in [0.2, 0.25) is 5.28 Å². The smallest absolute Gasteiger partial charge is 0.222 e. The normalized spacial score (nSPS) is 16.9. The Labute approximate surface area is 135 Å². The van der Waals surface area contributed by atoms with Gasteiger partial charge >= 0.3 is 0 Å². The summed E-state index contributed by atoms with van der Waals surface area (Å²) in [5, 5.41) is 1.12. The lowest BCUT2D eigenvalue weighted by atomic mass is 9.98. The first-order valence-electron chi connectivity index (χ1n) is 7.47. The van der Waals surface area contributed by atoms with E-state index in [-0.39, 0.29) is 5.28 Å². The lowest BCUT2D eigenvalue weighted by Gasteiger charge is -2.28. The molecule has 0 aliphatic carbocycles. The van der Waals surface area contributed by atoms with Crippen molar-refractivity contribution >= 4 is 22.5 Å². The Morgan fingerprint density at radius 2 is 2.05 bits per heavy atom. The van der Waals surface area contributed by atoms with Gasteiger partial charge in [0.2, 0.25) is 5.28 Å². The third-order valence-corrected chi connectivity index (χ3v) is 4.33. The number of nitrogens with zero attached hydrogens (tertiary/aromatic N) is 3. The molecule has 1 saturated heterocycles. The summed E-state index contributed by atoms with van der Waals surface area (Å²) in [6, 6.07) is 3.76. The van der Waals surface area contributed by atoms with Crippen LogP contribution >= 0.6 is 11.6 Å². The fraction of sp³-hybridized carbons (Fsp3) is 0.500. The zero-order chi connectivity index (χ0) is 15.5. The minimum Gasteiger partial charge on any atom is -0.493 e. The molecule has 0 atom stereocenters. The largest absolute Gasteiger partial charge is 0.493 e. The highest BCUT2D eigenvalue weighted by atomic mass is 35.5. The van der Waals surface area contributed by atoms with Gasteiger partial charge in [0.1, 0.15) is 0 Å². The molecular formula is C16H20ClN3O2. The summed E-state index contributed by atoms with van der Waals surface area (Å²) in [5.41, 5.74) is 0.763. The molecule has 0 saturated carbocycles. The number of ether oxygens (including phenoxy) is 2. The van der Waals surface area contributed by atoms with E-state index in [1.165, 1.54) is 12.8 Å². The number of hydrogen-bond donors (Lipinski definition) is 0. The summed E-state index contributed by atoms with van der Waals surface area (Å²) >= 11 is 5.86. The number of likely N-dealkylation sites (tertiary alicyclic amines) is 1. The third kappa shape index (κ3) is 3.42. The van der Waals surface area contributed by atoms with Gasteiger partial charge in [-0.15, -0.1) is 0 Å². The second kappa shape index (κ2) is 6.67. The third-order valence-electron chi connectivity index (χ3n) is 4.15. The van der Waals surface area contributed by atoms with Crippen LogP contribution in [0.3, 0.4) is 0 Å². The number of benzene rings is 1. The van der Waals surface area contributed by atoms with Gasteiger partial charge in [-0.1, -0.05) is 0 Å². The molecule has 2 aromatic rings. The van der Waals surface area contributed by atoms with Crippen LogP contribution < -0.4 is 9.47 Å². The summed E-state index contributed by atoms with van der Waals surface area (Å²) in [6.45, 7) is 2.96. The average Bonchev–Trinajstić information content (AvgIpc) is 2.53. The molecule has 1 aromatic heterocycles. The minimum absolute atomic E-state index is 0.235. The van der Waals surface area contributed by atoms with Crippen molar-refractivity contribution in [2.24, 2.45) is 5.92 Å². The Morgan fingerprint density at radius 1 is 1.27 bits per heavy atom. The van der Waals surface area contributed by atoms with Crippen LogP contribution in [-0.4, -0.2) is 48.7 Å². The van der Waals surface area contributed by atoms with E-state index in [1.807, 2.05) is 12.1 Å². The maximum Gasteiger partial charge on any atom is 0.222 e. The molecule has 0 radical (unpaired) electrons. The van der Waals surface area contributed by atoms with E-state index < -0.39 is 0 Å². The van der Waals surface area contributed by atoms with Gasteiger partial charge in [-0.3, -0.25) is 0 Å². The highest BCUT2D eigenvalue weighted by molar-refractivity contribution is 6.28. The monoisotopic (exact) mass is 321 g/mol. The fourth-order valence-electron chi connectivity index (χ4n) is 2.72. The van der Waals surface area contributed by atoms with Crippen molar-refractivity contribution in [3.8, 4) is 11.5 Å². The van der Waals surface area contributed by atoms with Crippen LogP contribution in [-0.2, 0) is 0 Å². The van der Waals surface area contributed by atoms with Crippen LogP contribution in [0.4, 0.5) is 0 Å². The molecule has 6 heteroatoms. The molecule has 0 amide bonds. The van der Waals surface area contributed by atoms with Crippen LogP contribution in [0.15, 0.2) is 18.3 Å². The van der Waals surface area contributed by atoms with Gasteiger partial charge < -0.3 is 14.4 Å². The molecule has 118 valence electrons. The number of fused-ring (bicyclic) bond motifs is 1. The predicted octanol–water partition coefficient (Wildman–Crippen LogP) is 3.01. The Hall–Kier alpha value is -1.59. The molecule has 0 spiro atoms. The number of piperidine rings is 1. The van der Waals surface area contributed by atoms with Gasteiger partial charge in [-0.2, -0.15) is 0 Å².